The molecule has 2 heterocycles. The zero-order valence-electron chi connectivity index (χ0n) is 11.8. The Bertz CT molecular complexity index is 650. The van der Waals surface area contributed by atoms with Crippen LogP contribution < -0.4 is 4.90 Å². The van der Waals surface area contributed by atoms with Gasteiger partial charge in [0.15, 0.2) is 0 Å². The Kier molecular flexibility index (Phi) is 3.88. The fraction of sp³-hybridized carbons (Fsp3) is 0.333. The SMILES string of the molecule is Cc1nc(C(=O)N2CCN(c3ccccc3F)CC2)cs1. The third-order valence-corrected chi connectivity index (χ3v) is 4.37. The summed E-state index contributed by atoms with van der Waals surface area (Å²) in [7, 11) is 0. The predicted octanol–water partition coefficient (Wildman–Crippen LogP) is 2.55. The van der Waals surface area contributed by atoms with Crippen molar-refractivity contribution in [2.75, 3.05) is 31.1 Å². The van der Waals surface area contributed by atoms with Crippen LogP contribution in [-0.4, -0.2) is 42.0 Å². The van der Waals surface area contributed by atoms with Gasteiger partial charge in [-0.3, -0.25) is 4.79 Å². The van der Waals surface area contributed by atoms with Crippen LogP contribution in [0.15, 0.2) is 29.6 Å². The first-order valence-electron chi connectivity index (χ1n) is 6.86. The normalized spacial score (nSPS) is 15.3. The molecule has 1 amide bonds. The molecule has 0 saturated carbocycles. The van der Waals surface area contributed by atoms with E-state index < -0.39 is 0 Å². The summed E-state index contributed by atoms with van der Waals surface area (Å²) in [6.07, 6.45) is 0. The number of halogens is 1. The van der Waals surface area contributed by atoms with Crippen molar-refractivity contribution in [2.24, 2.45) is 0 Å². The van der Waals surface area contributed by atoms with Gasteiger partial charge in [0.1, 0.15) is 11.5 Å². The number of hydrogen-bond acceptors (Lipinski definition) is 4. The molecule has 0 radical (unpaired) electrons. The van der Waals surface area contributed by atoms with Crippen molar-refractivity contribution >= 4 is 22.9 Å². The smallest absolute Gasteiger partial charge is 0.273 e. The number of piperazine rings is 1. The van der Waals surface area contributed by atoms with Gasteiger partial charge in [0, 0.05) is 31.6 Å². The monoisotopic (exact) mass is 305 g/mol. The van der Waals surface area contributed by atoms with E-state index in [9.17, 15) is 9.18 Å². The van der Waals surface area contributed by atoms with Gasteiger partial charge in [-0.2, -0.15) is 0 Å². The highest BCUT2D eigenvalue weighted by atomic mass is 32.1. The molecule has 4 nitrogen and oxygen atoms in total. The molecule has 1 aromatic heterocycles. The van der Waals surface area contributed by atoms with E-state index in [4.69, 9.17) is 0 Å². The molecule has 1 aliphatic rings. The topological polar surface area (TPSA) is 36.4 Å². The molecule has 1 aromatic carbocycles. The lowest BCUT2D eigenvalue weighted by Gasteiger charge is -2.35. The number of anilines is 1. The van der Waals surface area contributed by atoms with Gasteiger partial charge in [0.05, 0.1) is 10.7 Å². The van der Waals surface area contributed by atoms with Crippen LogP contribution in [0.2, 0.25) is 0 Å². The Labute approximate surface area is 126 Å². The minimum absolute atomic E-state index is 0.0347. The molecule has 110 valence electrons. The van der Waals surface area contributed by atoms with Gasteiger partial charge in [-0.05, 0) is 19.1 Å². The fourth-order valence-electron chi connectivity index (χ4n) is 2.48. The molecule has 6 heteroatoms. The number of amides is 1. The van der Waals surface area contributed by atoms with Crippen molar-refractivity contribution in [2.45, 2.75) is 6.92 Å². The number of aromatic nitrogens is 1. The quantitative estimate of drug-likeness (QED) is 0.855. The first-order chi connectivity index (χ1) is 10.1. The van der Waals surface area contributed by atoms with Crippen LogP contribution in [0.4, 0.5) is 10.1 Å². The maximum atomic E-state index is 13.8. The zero-order valence-corrected chi connectivity index (χ0v) is 12.6. The minimum atomic E-state index is -0.215. The third-order valence-electron chi connectivity index (χ3n) is 3.60. The van der Waals surface area contributed by atoms with Crippen LogP contribution in [-0.2, 0) is 0 Å². The van der Waals surface area contributed by atoms with Crippen LogP contribution in [0.3, 0.4) is 0 Å². The summed E-state index contributed by atoms with van der Waals surface area (Å²) in [5.41, 5.74) is 1.12. The maximum Gasteiger partial charge on any atom is 0.273 e. The van der Waals surface area contributed by atoms with Gasteiger partial charge in [0.25, 0.3) is 5.91 Å². The molecule has 0 atom stereocenters. The molecule has 1 fully saturated rings. The molecule has 21 heavy (non-hydrogen) atoms. The molecule has 0 N–H and O–H groups in total. The van der Waals surface area contributed by atoms with E-state index in [1.807, 2.05) is 17.9 Å². The van der Waals surface area contributed by atoms with Crippen LogP contribution in [0.25, 0.3) is 0 Å². The lowest BCUT2D eigenvalue weighted by atomic mass is 10.2. The molecular formula is C15H16FN3OS. The van der Waals surface area contributed by atoms with Crippen LogP contribution >= 0.6 is 11.3 Å². The number of para-hydroxylation sites is 1. The number of rotatable bonds is 2. The Morgan fingerprint density at radius 1 is 1.24 bits per heavy atom. The molecule has 0 bridgehead atoms. The summed E-state index contributed by atoms with van der Waals surface area (Å²) in [6.45, 7) is 4.33. The first-order valence-corrected chi connectivity index (χ1v) is 7.74. The number of aryl methyl sites for hydroxylation is 1. The Morgan fingerprint density at radius 2 is 1.95 bits per heavy atom. The van der Waals surface area contributed by atoms with E-state index in [1.165, 1.54) is 17.4 Å². The van der Waals surface area contributed by atoms with Crippen molar-refractivity contribution in [3.63, 3.8) is 0 Å². The van der Waals surface area contributed by atoms with Gasteiger partial charge in [0.2, 0.25) is 0 Å². The van der Waals surface area contributed by atoms with E-state index in [-0.39, 0.29) is 11.7 Å². The van der Waals surface area contributed by atoms with Crippen LogP contribution in [0.1, 0.15) is 15.5 Å². The maximum absolute atomic E-state index is 13.8. The second-order valence-electron chi connectivity index (χ2n) is 4.98. The lowest BCUT2D eigenvalue weighted by molar-refractivity contribution is 0.0741. The summed E-state index contributed by atoms with van der Waals surface area (Å²) in [4.78, 5) is 20.3. The largest absolute Gasteiger partial charge is 0.366 e. The average molecular weight is 305 g/mol. The first kappa shape index (κ1) is 14.0. The van der Waals surface area contributed by atoms with Crippen molar-refractivity contribution in [1.82, 2.24) is 9.88 Å². The molecular weight excluding hydrogens is 289 g/mol. The summed E-state index contributed by atoms with van der Waals surface area (Å²) in [6, 6.07) is 6.75. The van der Waals surface area contributed by atoms with Crippen LogP contribution in [0.5, 0.6) is 0 Å². The van der Waals surface area contributed by atoms with Crippen molar-refractivity contribution in [3.05, 3.63) is 46.2 Å². The number of nitrogens with zero attached hydrogens (tertiary/aromatic N) is 3. The summed E-state index contributed by atoms with van der Waals surface area (Å²) >= 11 is 1.48. The minimum Gasteiger partial charge on any atom is -0.366 e. The molecule has 1 aliphatic heterocycles. The van der Waals surface area contributed by atoms with Gasteiger partial charge < -0.3 is 9.80 Å². The highest BCUT2D eigenvalue weighted by molar-refractivity contribution is 7.09. The molecule has 3 rings (SSSR count). The number of thiazole rings is 1. The van der Waals surface area contributed by atoms with E-state index in [0.29, 0.717) is 37.6 Å². The van der Waals surface area contributed by atoms with Gasteiger partial charge >= 0.3 is 0 Å². The van der Waals surface area contributed by atoms with Gasteiger partial charge in [-0.15, -0.1) is 11.3 Å². The molecule has 1 saturated heterocycles. The average Bonchev–Trinajstić information content (AvgIpc) is 2.94. The van der Waals surface area contributed by atoms with E-state index in [2.05, 4.69) is 4.98 Å². The third kappa shape index (κ3) is 2.90. The Balaban J connectivity index is 1.65. The van der Waals surface area contributed by atoms with Gasteiger partial charge in [-0.25, -0.2) is 9.37 Å². The summed E-state index contributed by atoms with van der Waals surface area (Å²) in [5, 5.41) is 2.68. The lowest BCUT2D eigenvalue weighted by Crippen LogP contribution is -2.49. The number of carbonyl (C=O) groups is 1. The number of benzene rings is 1. The Hall–Kier alpha value is -1.95. The van der Waals surface area contributed by atoms with E-state index in [0.717, 1.165) is 5.01 Å². The highest BCUT2D eigenvalue weighted by Gasteiger charge is 2.24. The standard InChI is InChI=1S/C15H16FN3OS/c1-11-17-13(10-21-11)15(20)19-8-6-18(7-9-19)14-5-3-2-4-12(14)16/h2-5,10H,6-9H2,1H3. The zero-order chi connectivity index (χ0) is 14.8. The fourth-order valence-corrected chi connectivity index (χ4v) is 3.07. The number of carbonyl (C=O) groups excluding carboxylic acids is 1. The summed E-state index contributed by atoms with van der Waals surface area (Å²) in [5.74, 6) is -0.250. The van der Waals surface area contributed by atoms with Crippen molar-refractivity contribution < 1.29 is 9.18 Å². The number of hydrogen-bond donors (Lipinski definition) is 0. The second kappa shape index (κ2) is 5.81. The Morgan fingerprint density at radius 3 is 2.57 bits per heavy atom. The van der Waals surface area contributed by atoms with Crippen LogP contribution in [0, 0.1) is 12.7 Å². The molecule has 0 unspecified atom stereocenters. The highest BCUT2D eigenvalue weighted by Crippen LogP contribution is 2.21. The van der Waals surface area contributed by atoms with Crippen molar-refractivity contribution in [1.29, 1.82) is 0 Å². The van der Waals surface area contributed by atoms with Crippen molar-refractivity contribution in [3.8, 4) is 0 Å². The van der Waals surface area contributed by atoms with Gasteiger partial charge in [-0.1, -0.05) is 12.1 Å². The molecule has 0 spiro atoms. The second-order valence-corrected chi connectivity index (χ2v) is 6.04. The van der Waals surface area contributed by atoms with E-state index in [1.54, 1.807) is 22.4 Å². The predicted molar refractivity (Wildman–Crippen MR) is 81.4 cm³/mol. The molecule has 2 aromatic rings. The van der Waals surface area contributed by atoms with E-state index >= 15 is 0 Å². The summed E-state index contributed by atoms with van der Waals surface area (Å²) < 4.78 is 13.8. The molecule has 0 aliphatic carbocycles.